The van der Waals surface area contributed by atoms with Crippen LogP contribution < -0.4 is 5.32 Å². The second-order valence-electron chi connectivity index (χ2n) is 3.70. The molecule has 1 atom stereocenters. The first-order valence-electron chi connectivity index (χ1n) is 5.00. The lowest BCUT2D eigenvalue weighted by atomic mass is 10.1. The molecule has 1 aromatic carbocycles. The second kappa shape index (κ2) is 5.51. The predicted octanol–water partition coefficient (Wildman–Crippen LogP) is 1.76. The van der Waals surface area contributed by atoms with Gasteiger partial charge in [-0.15, -0.1) is 0 Å². The van der Waals surface area contributed by atoms with Crippen LogP contribution in [0.5, 0.6) is 0 Å². The molecule has 0 radical (unpaired) electrons. The van der Waals surface area contributed by atoms with E-state index in [0.717, 1.165) is 5.56 Å². The summed E-state index contributed by atoms with van der Waals surface area (Å²) in [5.41, 5.74) is 1.83. The molecule has 0 saturated carbocycles. The van der Waals surface area contributed by atoms with E-state index < -0.39 is 0 Å². The van der Waals surface area contributed by atoms with Crippen LogP contribution in [0.1, 0.15) is 22.8 Å². The summed E-state index contributed by atoms with van der Waals surface area (Å²) in [5.74, 6) is -0.0560. The van der Waals surface area contributed by atoms with Gasteiger partial charge in [-0.1, -0.05) is 17.7 Å². The fraction of sp³-hybridized carbons (Fsp3) is 0.417. The number of aryl methyl sites for hydroxylation is 1. The van der Waals surface area contributed by atoms with Crippen molar-refractivity contribution in [3.63, 3.8) is 0 Å². The van der Waals surface area contributed by atoms with E-state index in [0.29, 0.717) is 12.2 Å². The van der Waals surface area contributed by atoms with Gasteiger partial charge in [-0.3, -0.25) is 4.79 Å². The fourth-order valence-electron chi connectivity index (χ4n) is 1.30. The van der Waals surface area contributed by atoms with Crippen LogP contribution in [0.4, 0.5) is 0 Å². The highest BCUT2D eigenvalue weighted by molar-refractivity contribution is 5.94. The van der Waals surface area contributed by atoms with Crippen molar-refractivity contribution in [2.45, 2.75) is 19.9 Å². The molecule has 0 heterocycles. The SMILES string of the molecule is COC[C@@H](C)NC(=O)c1ccc(C)cc1. The van der Waals surface area contributed by atoms with Gasteiger partial charge in [0.25, 0.3) is 5.91 Å². The Hall–Kier alpha value is -1.35. The molecule has 0 spiro atoms. The van der Waals surface area contributed by atoms with Crippen molar-refractivity contribution in [2.75, 3.05) is 13.7 Å². The Morgan fingerprint density at radius 3 is 2.53 bits per heavy atom. The largest absolute Gasteiger partial charge is 0.383 e. The summed E-state index contributed by atoms with van der Waals surface area (Å²) in [6, 6.07) is 7.53. The molecule has 0 bridgehead atoms. The van der Waals surface area contributed by atoms with Gasteiger partial charge in [0.15, 0.2) is 0 Å². The van der Waals surface area contributed by atoms with E-state index in [4.69, 9.17) is 4.74 Å². The van der Waals surface area contributed by atoms with E-state index >= 15 is 0 Å². The van der Waals surface area contributed by atoms with Gasteiger partial charge in [0, 0.05) is 18.7 Å². The summed E-state index contributed by atoms with van der Waals surface area (Å²) < 4.78 is 4.94. The molecule has 0 aromatic heterocycles. The molecule has 1 N–H and O–H groups in total. The highest BCUT2D eigenvalue weighted by Crippen LogP contribution is 2.03. The Bertz CT molecular complexity index is 319. The third-order valence-electron chi connectivity index (χ3n) is 2.11. The molecule has 0 aliphatic carbocycles. The van der Waals surface area contributed by atoms with Crippen molar-refractivity contribution < 1.29 is 9.53 Å². The van der Waals surface area contributed by atoms with E-state index in [1.54, 1.807) is 7.11 Å². The topological polar surface area (TPSA) is 38.3 Å². The molecular formula is C12H17NO2. The molecule has 1 rings (SSSR count). The lowest BCUT2D eigenvalue weighted by Crippen LogP contribution is -2.35. The Kier molecular flexibility index (Phi) is 4.31. The molecule has 15 heavy (non-hydrogen) atoms. The first-order valence-corrected chi connectivity index (χ1v) is 5.00. The molecule has 82 valence electrons. The average Bonchev–Trinajstić information content (AvgIpc) is 2.18. The Balaban J connectivity index is 2.57. The zero-order valence-corrected chi connectivity index (χ0v) is 9.41. The third-order valence-corrected chi connectivity index (χ3v) is 2.11. The summed E-state index contributed by atoms with van der Waals surface area (Å²) in [6.07, 6.45) is 0. The molecule has 1 aromatic rings. The molecule has 3 nitrogen and oxygen atoms in total. The number of hydrogen-bond acceptors (Lipinski definition) is 2. The van der Waals surface area contributed by atoms with Crippen LogP contribution >= 0.6 is 0 Å². The monoisotopic (exact) mass is 207 g/mol. The molecule has 1 amide bonds. The van der Waals surface area contributed by atoms with Gasteiger partial charge in [0.1, 0.15) is 0 Å². The van der Waals surface area contributed by atoms with Crippen LogP contribution in [-0.2, 0) is 4.74 Å². The molecule has 3 heteroatoms. The smallest absolute Gasteiger partial charge is 0.251 e. The number of amides is 1. The quantitative estimate of drug-likeness (QED) is 0.817. The number of rotatable bonds is 4. The minimum Gasteiger partial charge on any atom is -0.383 e. The van der Waals surface area contributed by atoms with Crippen LogP contribution in [0.3, 0.4) is 0 Å². The number of hydrogen-bond donors (Lipinski definition) is 1. The molecule has 0 aliphatic heterocycles. The Labute approximate surface area is 90.4 Å². The zero-order valence-electron chi connectivity index (χ0n) is 9.41. The van der Waals surface area contributed by atoms with Crippen molar-refractivity contribution in [2.24, 2.45) is 0 Å². The van der Waals surface area contributed by atoms with Gasteiger partial charge in [0.2, 0.25) is 0 Å². The normalized spacial score (nSPS) is 12.2. The first-order chi connectivity index (χ1) is 7.13. The number of benzene rings is 1. The summed E-state index contributed by atoms with van der Waals surface area (Å²) in [6.45, 7) is 4.43. The number of carbonyl (C=O) groups is 1. The van der Waals surface area contributed by atoms with Crippen molar-refractivity contribution >= 4 is 5.91 Å². The second-order valence-corrected chi connectivity index (χ2v) is 3.70. The Morgan fingerprint density at radius 2 is 2.00 bits per heavy atom. The van der Waals surface area contributed by atoms with E-state index in [1.807, 2.05) is 38.1 Å². The van der Waals surface area contributed by atoms with Gasteiger partial charge >= 0.3 is 0 Å². The van der Waals surface area contributed by atoms with Gasteiger partial charge in [-0.25, -0.2) is 0 Å². The van der Waals surface area contributed by atoms with E-state index in [-0.39, 0.29) is 11.9 Å². The molecule has 0 unspecified atom stereocenters. The summed E-state index contributed by atoms with van der Waals surface area (Å²) in [7, 11) is 1.62. The van der Waals surface area contributed by atoms with Crippen molar-refractivity contribution in [3.05, 3.63) is 35.4 Å². The van der Waals surface area contributed by atoms with Gasteiger partial charge in [-0.2, -0.15) is 0 Å². The van der Waals surface area contributed by atoms with E-state index in [2.05, 4.69) is 5.32 Å². The lowest BCUT2D eigenvalue weighted by molar-refractivity contribution is 0.0905. The van der Waals surface area contributed by atoms with Crippen molar-refractivity contribution in [1.82, 2.24) is 5.32 Å². The van der Waals surface area contributed by atoms with Crippen LogP contribution in [0, 0.1) is 6.92 Å². The van der Waals surface area contributed by atoms with Crippen LogP contribution in [0.15, 0.2) is 24.3 Å². The summed E-state index contributed by atoms with van der Waals surface area (Å²) >= 11 is 0. The van der Waals surface area contributed by atoms with Crippen molar-refractivity contribution in [1.29, 1.82) is 0 Å². The highest BCUT2D eigenvalue weighted by atomic mass is 16.5. The molecule has 0 fully saturated rings. The van der Waals surface area contributed by atoms with E-state index in [9.17, 15) is 4.79 Å². The molecule has 0 saturated heterocycles. The summed E-state index contributed by atoms with van der Waals surface area (Å²) in [5, 5.41) is 2.85. The minimum atomic E-state index is -0.0560. The number of nitrogens with one attached hydrogen (secondary N) is 1. The minimum absolute atomic E-state index is 0.0313. The first kappa shape index (κ1) is 11.7. The van der Waals surface area contributed by atoms with E-state index in [1.165, 1.54) is 0 Å². The molecular weight excluding hydrogens is 190 g/mol. The Morgan fingerprint density at radius 1 is 1.40 bits per heavy atom. The highest BCUT2D eigenvalue weighted by Gasteiger charge is 2.08. The number of carbonyl (C=O) groups excluding carboxylic acids is 1. The maximum absolute atomic E-state index is 11.7. The standard InChI is InChI=1S/C12H17NO2/c1-9-4-6-11(7-5-9)12(14)13-10(2)8-15-3/h4-7,10H,8H2,1-3H3,(H,13,14)/t10-/m1/s1. The third kappa shape index (κ3) is 3.72. The van der Waals surface area contributed by atoms with Crippen LogP contribution in [0.2, 0.25) is 0 Å². The fourth-order valence-corrected chi connectivity index (χ4v) is 1.30. The predicted molar refractivity (Wildman–Crippen MR) is 60.0 cm³/mol. The maximum atomic E-state index is 11.7. The average molecular weight is 207 g/mol. The summed E-state index contributed by atoms with van der Waals surface area (Å²) in [4.78, 5) is 11.7. The lowest BCUT2D eigenvalue weighted by Gasteiger charge is -2.12. The maximum Gasteiger partial charge on any atom is 0.251 e. The van der Waals surface area contributed by atoms with Crippen molar-refractivity contribution in [3.8, 4) is 0 Å². The number of ether oxygens (including phenoxy) is 1. The van der Waals surface area contributed by atoms with Gasteiger partial charge in [0.05, 0.1) is 6.61 Å². The van der Waals surface area contributed by atoms with Crippen LogP contribution in [0.25, 0.3) is 0 Å². The van der Waals surface area contributed by atoms with Crippen LogP contribution in [-0.4, -0.2) is 25.7 Å². The molecule has 0 aliphatic rings. The van der Waals surface area contributed by atoms with Gasteiger partial charge < -0.3 is 10.1 Å². The van der Waals surface area contributed by atoms with Gasteiger partial charge in [-0.05, 0) is 26.0 Å². The number of methoxy groups -OCH3 is 1. The zero-order chi connectivity index (χ0) is 11.3.